The Morgan fingerprint density at radius 2 is 1.53 bits per heavy atom. The van der Waals surface area contributed by atoms with Crippen molar-refractivity contribution >= 4 is 23.2 Å². The Kier molecular flexibility index (Phi) is 9.08. The van der Waals surface area contributed by atoms with E-state index in [1.54, 1.807) is 24.0 Å². The van der Waals surface area contributed by atoms with Crippen molar-refractivity contribution in [3.63, 3.8) is 0 Å². The number of benzene rings is 3. The van der Waals surface area contributed by atoms with Crippen LogP contribution in [0.3, 0.4) is 0 Å². The van der Waals surface area contributed by atoms with Crippen LogP contribution in [0.2, 0.25) is 0 Å². The number of carbonyl (C=O) groups excluding carboxylic acids is 2. The maximum atomic E-state index is 14.9. The second-order valence-electron chi connectivity index (χ2n) is 11.7. The van der Waals surface area contributed by atoms with E-state index in [1.807, 2.05) is 24.3 Å². The number of nitrogens with zero attached hydrogens (tertiary/aromatic N) is 1. The van der Waals surface area contributed by atoms with Crippen LogP contribution < -0.4 is 10.6 Å². The summed E-state index contributed by atoms with van der Waals surface area (Å²) in [6.45, 7) is 3.35. The number of amides is 2. The van der Waals surface area contributed by atoms with Gasteiger partial charge in [0, 0.05) is 24.0 Å². The molecule has 0 bridgehead atoms. The molecule has 0 aromatic heterocycles. The summed E-state index contributed by atoms with van der Waals surface area (Å²) in [5, 5.41) is 6.25. The number of piperidine rings is 1. The van der Waals surface area contributed by atoms with Gasteiger partial charge in [-0.25, -0.2) is 4.39 Å². The van der Waals surface area contributed by atoms with Crippen molar-refractivity contribution in [3.8, 4) is 0 Å². The number of anilines is 2. The van der Waals surface area contributed by atoms with Crippen LogP contribution in [0.4, 0.5) is 28.9 Å². The lowest BCUT2D eigenvalue weighted by Crippen LogP contribution is -2.46. The van der Waals surface area contributed by atoms with Gasteiger partial charge in [-0.05, 0) is 86.6 Å². The van der Waals surface area contributed by atoms with Gasteiger partial charge in [0.25, 0.3) is 5.91 Å². The second-order valence-corrected chi connectivity index (χ2v) is 11.7. The van der Waals surface area contributed by atoms with Gasteiger partial charge >= 0.3 is 6.18 Å². The average molecular weight is 596 g/mol. The Morgan fingerprint density at radius 1 is 0.837 bits per heavy atom. The van der Waals surface area contributed by atoms with Gasteiger partial charge in [0.2, 0.25) is 5.91 Å². The fourth-order valence-corrected chi connectivity index (χ4v) is 6.46. The minimum atomic E-state index is -4.56. The lowest BCUT2D eigenvalue weighted by molar-refractivity contribution is -0.138. The van der Waals surface area contributed by atoms with Gasteiger partial charge in [0.15, 0.2) is 0 Å². The Balaban J connectivity index is 1.47. The van der Waals surface area contributed by atoms with E-state index < -0.39 is 41.3 Å². The SMILES string of the molecule is Cc1ccc(NC(=O)[C@H]2CCCN(C(=O)c3c(C)cccc3F)[C@H]2c2ccc(NC3CCCCC3)cc2)cc1C(F)(F)F. The van der Waals surface area contributed by atoms with Gasteiger partial charge in [-0.2, -0.15) is 13.2 Å². The molecule has 2 aliphatic rings. The molecule has 0 unspecified atom stereocenters. The molecule has 1 saturated heterocycles. The highest BCUT2D eigenvalue weighted by atomic mass is 19.4. The quantitative estimate of drug-likeness (QED) is 0.281. The summed E-state index contributed by atoms with van der Waals surface area (Å²) >= 11 is 0. The van der Waals surface area contributed by atoms with Gasteiger partial charge < -0.3 is 15.5 Å². The van der Waals surface area contributed by atoms with E-state index in [4.69, 9.17) is 0 Å². The van der Waals surface area contributed by atoms with Crippen LogP contribution in [0.15, 0.2) is 60.7 Å². The van der Waals surface area contributed by atoms with E-state index in [2.05, 4.69) is 10.6 Å². The van der Waals surface area contributed by atoms with E-state index in [9.17, 15) is 27.2 Å². The number of aryl methyl sites for hydroxylation is 2. The molecule has 1 heterocycles. The molecule has 2 fully saturated rings. The second kappa shape index (κ2) is 12.8. The molecule has 2 N–H and O–H groups in total. The largest absolute Gasteiger partial charge is 0.416 e. The number of likely N-dealkylation sites (tertiary alicyclic amines) is 1. The van der Waals surface area contributed by atoms with Crippen LogP contribution in [0, 0.1) is 25.6 Å². The molecule has 2 atom stereocenters. The highest BCUT2D eigenvalue weighted by molar-refractivity contribution is 5.98. The molecule has 5 nitrogen and oxygen atoms in total. The predicted molar refractivity (Wildman–Crippen MR) is 159 cm³/mol. The number of hydrogen-bond acceptors (Lipinski definition) is 3. The molecular weight excluding hydrogens is 558 g/mol. The van der Waals surface area contributed by atoms with E-state index in [0.29, 0.717) is 36.6 Å². The van der Waals surface area contributed by atoms with Crippen LogP contribution >= 0.6 is 0 Å². The third-order valence-electron chi connectivity index (χ3n) is 8.70. The molecule has 5 rings (SSSR count). The maximum absolute atomic E-state index is 14.9. The van der Waals surface area contributed by atoms with Crippen LogP contribution in [0.5, 0.6) is 0 Å². The van der Waals surface area contributed by atoms with Crippen molar-refractivity contribution in [2.24, 2.45) is 5.92 Å². The average Bonchev–Trinajstić information content (AvgIpc) is 2.98. The Bertz CT molecular complexity index is 1450. The summed E-state index contributed by atoms with van der Waals surface area (Å²) in [6.07, 6.45) is 2.16. The van der Waals surface area contributed by atoms with Gasteiger partial charge in [0.1, 0.15) is 5.82 Å². The number of nitrogens with one attached hydrogen (secondary N) is 2. The molecule has 1 aliphatic carbocycles. The van der Waals surface area contributed by atoms with E-state index in [-0.39, 0.29) is 16.8 Å². The van der Waals surface area contributed by atoms with Gasteiger partial charge in [-0.3, -0.25) is 9.59 Å². The molecule has 1 saturated carbocycles. The van der Waals surface area contributed by atoms with Crippen molar-refractivity contribution < 1.29 is 27.2 Å². The lowest BCUT2D eigenvalue weighted by Gasteiger charge is -2.41. The first kappa shape index (κ1) is 30.6. The van der Waals surface area contributed by atoms with Gasteiger partial charge in [-0.1, -0.05) is 49.6 Å². The maximum Gasteiger partial charge on any atom is 0.416 e. The zero-order valence-electron chi connectivity index (χ0n) is 24.4. The topological polar surface area (TPSA) is 61.4 Å². The van der Waals surface area contributed by atoms with Crippen molar-refractivity contribution in [2.75, 3.05) is 17.2 Å². The zero-order chi connectivity index (χ0) is 30.7. The monoisotopic (exact) mass is 595 g/mol. The van der Waals surface area contributed by atoms with Crippen molar-refractivity contribution in [3.05, 3.63) is 94.3 Å². The number of hydrogen-bond donors (Lipinski definition) is 2. The molecule has 2 amide bonds. The molecule has 43 heavy (non-hydrogen) atoms. The zero-order valence-corrected chi connectivity index (χ0v) is 24.4. The first-order valence-electron chi connectivity index (χ1n) is 14.9. The minimum absolute atomic E-state index is 0.0297. The van der Waals surface area contributed by atoms with Crippen LogP contribution in [0.25, 0.3) is 0 Å². The summed E-state index contributed by atoms with van der Waals surface area (Å²) in [7, 11) is 0. The third kappa shape index (κ3) is 6.86. The first-order valence-corrected chi connectivity index (χ1v) is 14.9. The Labute approximate surface area is 249 Å². The van der Waals surface area contributed by atoms with Crippen molar-refractivity contribution in [1.29, 1.82) is 0 Å². The predicted octanol–water partition coefficient (Wildman–Crippen LogP) is 8.44. The molecule has 3 aromatic rings. The molecule has 9 heteroatoms. The van der Waals surface area contributed by atoms with E-state index in [1.165, 1.54) is 44.4 Å². The minimum Gasteiger partial charge on any atom is -0.382 e. The Hall–Kier alpha value is -3.88. The van der Waals surface area contributed by atoms with E-state index >= 15 is 0 Å². The van der Waals surface area contributed by atoms with Crippen LogP contribution in [-0.2, 0) is 11.0 Å². The number of rotatable bonds is 6. The molecular formula is C34H37F4N3O2. The molecule has 228 valence electrons. The Morgan fingerprint density at radius 3 is 2.21 bits per heavy atom. The number of halogens is 4. The summed E-state index contributed by atoms with van der Waals surface area (Å²) in [5.41, 5.74) is 1.35. The van der Waals surface area contributed by atoms with Crippen LogP contribution in [-0.4, -0.2) is 29.3 Å². The third-order valence-corrected chi connectivity index (χ3v) is 8.70. The lowest BCUT2D eigenvalue weighted by atomic mass is 9.83. The van der Waals surface area contributed by atoms with E-state index in [0.717, 1.165) is 24.6 Å². The fraction of sp³-hybridized carbons (Fsp3) is 0.412. The van der Waals surface area contributed by atoms with Gasteiger partial charge in [0.05, 0.1) is 23.1 Å². The molecule has 0 radical (unpaired) electrons. The van der Waals surface area contributed by atoms with Crippen molar-refractivity contribution in [1.82, 2.24) is 4.90 Å². The molecule has 1 aliphatic heterocycles. The highest BCUT2D eigenvalue weighted by Crippen LogP contribution is 2.40. The summed E-state index contributed by atoms with van der Waals surface area (Å²) in [6, 6.07) is 15.4. The fourth-order valence-electron chi connectivity index (χ4n) is 6.46. The van der Waals surface area contributed by atoms with Crippen LogP contribution in [0.1, 0.15) is 83.6 Å². The van der Waals surface area contributed by atoms with Crippen molar-refractivity contribution in [2.45, 2.75) is 77.1 Å². The normalized spacial score (nSPS) is 19.6. The smallest absolute Gasteiger partial charge is 0.382 e. The summed E-state index contributed by atoms with van der Waals surface area (Å²) in [4.78, 5) is 29.2. The molecule has 3 aromatic carbocycles. The highest BCUT2D eigenvalue weighted by Gasteiger charge is 2.41. The summed E-state index contributed by atoms with van der Waals surface area (Å²) in [5.74, 6) is -2.41. The molecule has 0 spiro atoms. The number of carbonyl (C=O) groups is 2. The standard InChI is InChI=1S/C34H37F4N3O2/c1-21-13-16-26(20-28(21)34(36,37)38)40-32(42)27-11-7-19-41(33(43)30-22(2)8-6-12-29(30)35)31(27)23-14-17-25(18-15-23)39-24-9-4-3-5-10-24/h6,8,12-18,20,24,27,31,39H,3-5,7,9-11,19H2,1-2H3,(H,40,42)/t27-,31-/m0/s1. The first-order chi connectivity index (χ1) is 20.5. The summed E-state index contributed by atoms with van der Waals surface area (Å²) < 4.78 is 55.6. The van der Waals surface area contributed by atoms with Gasteiger partial charge in [-0.15, -0.1) is 0 Å². The number of alkyl halides is 3.